The first-order chi connectivity index (χ1) is 9.18. The van der Waals surface area contributed by atoms with Gasteiger partial charge in [0, 0.05) is 26.3 Å². The summed E-state index contributed by atoms with van der Waals surface area (Å²) in [6.45, 7) is 9.08. The zero-order valence-corrected chi connectivity index (χ0v) is 12.9. The Morgan fingerprint density at radius 2 is 1.63 bits per heavy atom. The number of hydrogen-bond donors (Lipinski definition) is 1. The zero-order chi connectivity index (χ0) is 14.0. The minimum absolute atomic E-state index is 0.501. The van der Waals surface area contributed by atoms with Crippen LogP contribution in [0.1, 0.15) is 39.5 Å². The number of ether oxygens (including phenoxy) is 3. The maximum Gasteiger partial charge on any atom is 0.0701 e. The lowest BCUT2D eigenvalue weighted by Crippen LogP contribution is -2.43. The Kier molecular flexibility index (Phi) is 8.62. The van der Waals surface area contributed by atoms with E-state index < -0.39 is 0 Å². The van der Waals surface area contributed by atoms with Crippen molar-refractivity contribution in [1.82, 2.24) is 5.32 Å². The predicted octanol–water partition coefficient (Wildman–Crippen LogP) is 2.22. The van der Waals surface area contributed by atoms with E-state index in [1.54, 1.807) is 7.11 Å². The summed E-state index contributed by atoms with van der Waals surface area (Å²) in [7, 11) is 1.68. The van der Waals surface area contributed by atoms with Crippen molar-refractivity contribution in [2.24, 2.45) is 5.41 Å². The number of rotatable bonds is 12. The second-order valence-electron chi connectivity index (χ2n) is 5.86. The van der Waals surface area contributed by atoms with Crippen LogP contribution < -0.4 is 5.32 Å². The summed E-state index contributed by atoms with van der Waals surface area (Å²) in [6.07, 6.45) is 5.24. The van der Waals surface area contributed by atoms with Crippen molar-refractivity contribution < 1.29 is 14.2 Å². The summed E-state index contributed by atoms with van der Waals surface area (Å²) < 4.78 is 15.9. The van der Waals surface area contributed by atoms with E-state index in [4.69, 9.17) is 14.2 Å². The molecule has 0 radical (unpaired) electrons. The average Bonchev–Trinajstić information content (AvgIpc) is 2.34. The third-order valence-electron chi connectivity index (χ3n) is 3.88. The second-order valence-corrected chi connectivity index (χ2v) is 5.86. The van der Waals surface area contributed by atoms with Gasteiger partial charge in [-0.1, -0.05) is 20.3 Å². The molecule has 114 valence electrons. The molecule has 1 aliphatic carbocycles. The van der Waals surface area contributed by atoms with E-state index in [1.807, 2.05) is 0 Å². The standard InChI is InChI=1S/C15H31NO3/c1-14(2)16-13-15(5-4-6-15)7-8-18-11-12-19-10-9-17-3/h14,16H,4-13H2,1-3H3. The molecule has 0 aliphatic heterocycles. The van der Waals surface area contributed by atoms with Gasteiger partial charge in [0.05, 0.1) is 26.4 Å². The van der Waals surface area contributed by atoms with Crippen molar-refractivity contribution in [1.29, 1.82) is 0 Å². The van der Waals surface area contributed by atoms with Gasteiger partial charge in [-0.2, -0.15) is 0 Å². The van der Waals surface area contributed by atoms with E-state index in [2.05, 4.69) is 19.2 Å². The van der Waals surface area contributed by atoms with Gasteiger partial charge in [0.2, 0.25) is 0 Å². The number of hydrogen-bond acceptors (Lipinski definition) is 4. The highest BCUT2D eigenvalue weighted by atomic mass is 16.5. The summed E-state index contributed by atoms with van der Waals surface area (Å²) in [6, 6.07) is 0.576. The Balaban J connectivity index is 1.97. The molecule has 0 bridgehead atoms. The molecule has 1 N–H and O–H groups in total. The molecular weight excluding hydrogens is 242 g/mol. The van der Waals surface area contributed by atoms with Gasteiger partial charge in [0.25, 0.3) is 0 Å². The van der Waals surface area contributed by atoms with Gasteiger partial charge < -0.3 is 19.5 Å². The fraction of sp³-hybridized carbons (Fsp3) is 1.00. The van der Waals surface area contributed by atoms with Crippen LogP contribution in [0.15, 0.2) is 0 Å². The van der Waals surface area contributed by atoms with Crippen LogP contribution in [0.25, 0.3) is 0 Å². The predicted molar refractivity (Wildman–Crippen MR) is 77.6 cm³/mol. The van der Waals surface area contributed by atoms with Crippen molar-refractivity contribution in [2.45, 2.75) is 45.6 Å². The molecular formula is C15H31NO3. The number of nitrogens with one attached hydrogen (secondary N) is 1. The van der Waals surface area contributed by atoms with Crippen LogP contribution in [0, 0.1) is 5.41 Å². The van der Waals surface area contributed by atoms with Crippen LogP contribution in [-0.4, -0.2) is 52.7 Å². The Bertz CT molecular complexity index is 217. The fourth-order valence-electron chi connectivity index (χ4n) is 2.37. The van der Waals surface area contributed by atoms with Crippen molar-refractivity contribution in [3.05, 3.63) is 0 Å². The van der Waals surface area contributed by atoms with Crippen LogP contribution in [0.5, 0.6) is 0 Å². The topological polar surface area (TPSA) is 39.7 Å². The Hall–Kier alpha value is -0.160. The molecule has 4 nitrogen and oxygen atoms in total. The lowest BCUT2D eigenvalue weighted by atomic mass is 9.66. The SMILES string of the molecule is COCCOCCOCCC1(CNC(C)C)CCC1. The molecule has 0 saturated heterocycles. The molecule has 0 aromatic carbocycles. The Labute approximate surface area is 118 Å². The zero-order valence-electron chi connectivity index (χ0n) is 12.9. The van der Waals surface area contributed by atoms with E-state index in [-0.39, 0.29) is 0 Å². The first-order valence-electron chi connectivity index (χ1n) is 7.56. The molecule has 0 aromatic heterocycles. The lowest BCUT2D eigenvalue weighted by Gasteiger charge is -2.42. The highest BCUT2D eigenvalue weighted by Crippen LogP contribution is 2.43. The van der Waals surface area contributed by atoms with Crippen molar-refractivity contribution in [3.8, 4) is 0 Å². The van der Waals surface area contributed by atoms with Crippen molar-refractivity contribution >= 4 is 0 Å². The van der Waals surface area contributed by atoms with E-state index in [1.165, 1.54) is 25.7 Å². The van der Waals surface area contributed by atoms with Gasteiger partial charge in [-0.05, 0) is 24.7 Å². The molecule has 19 heavy (non-hydrogen) atoms. The molecule has 0 spiro atoms. The molecule has 4 heteroatoms. The van der Waals surface area contributed by atoms with Gasteiger partial charge in [-0.25, -0.2) is 0 Å². The van der Waals surface area contributed by atoms with Crippen LogP contribution in [0.4, 0.5) is 0 Å². The highest BCUT2D eigenvalue weighted by Gasteiger charge is 2.36. The largest absolute Gasteiger partial charge is 0.382 e. The molecule has 0 amide bonds. The normalized spacial score (nSPS) is 17.7. The average molecular weight is 273 g/mol. The first-order valence-corrected chi connectivity index (χ1v) is 7.56. The summed E-state index contributed by atoms with van der Waals surface area (Å²) in [5.74, 6) is 0. The molecule has 1 fully saturated rings. The van der Waals surface area contributed by atoms with E-state index >= 15 is 0 Å². The molecule has 0 atom stereocenters. The van der Waals surface area contributed by atoms with Crippen molar-refractivity contribution in [3.63, 3.8) is 0 Å². The smallest absolute Gasteiger partial charge is 0.0701 e. The molecule has 1 rings (SSSR count). The van der Waals surface area contributed by atoms with Gasteiger partial charge in [-0.3, -0.25) is 0 Å². The molecule has 1 aliphatic rings. The van der Waals surface area contributed by atoms with E-state index in [0.717, 1.165) is 13.2 Å². The summed E-state index contributed by atoms with van der Waals surface area (Å²) >= 11 is 0. The summed E-state index contributed by atoms with van der Waals surface area (Å²) in [5, 5.41) is 3.57. The van der Waals surface area contributed by atoms with Gasteiger partial charge in [0.15, 0.2) is 0 Å². The van der Waals surface area contributed by atoms with Crippen LogP contribution in [-0.2, 0) is 14.2 Å². The minimum Gasteiger partial charge on any atom is -0.382 e. The maximum absolute atomic E-state index is 5.66. The van der Waals surface area contributed by atoms with Gasteiger partial charge >= 0.3 is 0 Å². The van der Waals surface area contributed by atoms with Crippen molar-refractivity contribution in [2.75, 3.05) is 46.7 Å². The molecule has 0 heterocycles. The van der Waals surface area contributed by atoms with Gasteiger partial charge in [-0.15, -0.1) is 0 Å². The van der Waals surface area contributed by atoms with Gasteiger partial charge in [0.1, 0.15) is 0 Å². The summed E-state index contributed by atoms with van der Waals surface area (Å²) in [4.78, 5) is 0. The third kappa shape index (κ3) is 7.25. The molecule has 0 aromatic rings. The Morgan fingerprint density at radius 3 is 2.16 bits per heavy atom. The number of methoxy groups -OCH3 is 1. The van der Waals surface area contributed by atoms with Crippen LogP contribution >= 0.6 is 0 Å². The highest BCUT2D eigenvalue weighted by molar-refractivity contribution is 4.89. The Morgan fingerprint density at radius 1 is 1.00 bits per heavy atom. The second kappa shape index (κ2) is 9.70. The minimum atomic E-state index is 0.501. The monoisotopic (exact) mass is 273 g/mol. The van der Waals surface area contributed by atoms with Crippen LogP contribution in [0.3, 0.4) is 0 Å². The summed E-state index contributed by atoms with van der Waals surface area (Å²) in [5.41, 5.74) is 0.501. The third-order valence-corrected chi connectivity index (χ3v) is 3.88. The first kappa shape index (κ1) is 16.9. The maximum atomic E-state index is 5.66. The van der Waals surface area contributed by atoms with E-state index in [0.29, 0.717) is 37.9 Å². The quantitative estimate of drug-likeness (QED) is 0.554. The molecule has 0 unspecified atom stereocenters. The fourth-order valence-corrected chi connectivity index (χ4v) is 2.37. The molecule has 1 saturated carbocycles. The van der Waals surface area contributed by atoms with E-state index in [9.17, 15) is 0 Å². The lowest BCUT2D eigenvalue weighted by molar-refractivity contribution is 0.00558. The van der Waals surface area contributed by atoms with Crippen LogP contribution in [0.2, 0.25) is 0 Å².